The predicted molar refractivity (Wildman–Crippen MR) is 187 cm³/mol. The van der Waals surface area contributed by atoms with Crippen molar-refractivity contribution < 1.29 is 14.0 Å². The van der Waals surface area contributed by atoms with Gasteiger partial charge in [-0.25, -0.2) is 4.39 Å². The SMILES string of the molecule is CCN1CCN(C2CC(CCl)N(C=O)C2)CC1.CCc1cc(Cl)c(NC(=O)c2c[nH]c3ccccc23)cc1F.NC1CCCCC1. The summed E-state index contributed by atoms with van der Waals surface area (Å²) in [6.45, 7) is 10.6. The summed E-state index contributed by atoms with van der Waals surface area (Å²) in [5, 5.41) is 3.80. The van der Waals surface area contributed by atoms with Gasteiger partial charge in [0, 0.05) is 73.8 Å². The number of carbonyl (C=O) groups is 2. The molecule has 2 atom stereocenters. The summed E-state index contributed by atoms with van der Waals surface area (Å²) in [5.74, 6) is -0.145. The van der Waals surface area contributed by atoms with E-state index in [0.29, 0.717) is 40.5 Å². The zero-order valence-corrected chi connectivity index (χ0v) is 28.6. The number of amides is 2. The number of nitrogens with zero attached hydrogens (tertiary/aromatic N) is 3. The number of hydrogen-bond donors (Lipinski definition) is 3. The highest BCUT2D eigenvalue weighted by atomic mass is 35.5. The first-order chi connectivity index (χ1) is 22.3. The highest BCUT2D eigenvalue weighted by molar-refractivity contribution is 6.34. The molecule has 11 heteroatoms. The number of hydrogen-bond acceptors (Lipinski definition) is 5. The van der Waals surface area contributed by atoms with Gasteiger partial charge in [-0.15, -0.1) is 11.6 Å². The van der Waals surface area contributed by atoms with E-state index in [4.69, 9.17) is 28.9 Å². The van der Waals surface area contributed by atoms with Crippen LogP contribution < -0.4 is 11.1 Å². The molecule has 2 aromatic carbocycles. The van der Waals surface area contributed by atoms with Crippen LogP contribution in [0.15, 0.2) is 42.6 Å². The number of nitrogens with two attached hydrogens (primary N) is 1. The number of anilines is 1. The third-order valence-electron chi connectivity index (χ3n) is 9.37. The monoisotopic (exact) mass is 674 g/mol. The van der Waals surface area contributed by atoms with Crippen molar-refractivity contribution in [2.45, 2.75) is 76.9 Å². The van der Waals surface area contributed by atoms with Gasteiger partial charge < -0.3 is 25.8 Å². The largest absolute Gasteiger partial charge is 0.360 e. The lowest BCUT2D eigenvalue weighted by atomic mass is 9.97. The number of aryl methyl sites for hydroxylation is 1. The molecule has 1 saturated carbocycles. The maximum atomic E-state index is 13.9. The second-order valence-corrected chi connectivity index (χ2v) is 13.1. The number of aromatic nitrogens is 1. The Labute approximate surface area is 282 Å². The van der Waals surface area contributed by atoms with Crippen LogP contribution in [0.4, 0.5) is 10.1 Å². The van der Waals surface area contributed by atoms with Crippen molar-refractivity contribution in [3.05, 3.63) is 64.6 Å². The zero-order chi connectivity index (χ0) is 33.1. The topological polar surface area (TPSA) is 97.7 Å². The number of fused-ring (bicyclic) bond motifs is 1. The van der Waals surface area contributed by atoms with Crippen molar-refractivity contribution in [2.75, 3.05) is 50.5 Å². The molecule has 3 aromatic rings. The number of rotatable bonds is 7. The summed E-state index contributed by atoms with van der Waals surface area (Å²) < 4.78 is 13.9. The van der Waals surface area contributed by atoms with E-state index in [9.17, 15) is 14.0 Å². The van der Waals surface area contributed by atoms with Crippen LogP contribution in [-0.4, -0.2) is 95.3 Å². The third kappa shape index (κ3) is 9.67. The van der Waals surface area contributed by atoms with Gasteiger partial charge in [-0.2, -0.15) is 0 Å². The molecule has 8 nitrogen and oxygen atoms in total. The molecule has 2 aliphatic heterocycles. The van der Waals surface area contributed by atoms with Crippen molar-refractivity contribution in [2.24, 2.45) is 5.73 Å². The molecular formula is C35H49Cl2FN6O2. The number of aromatic amines is 1. The molecule has 46 heavy (non-hydrogen) atoms. The Bertz CT molecular complexity index is 1410. The van der Waals surface area contributed by atoms with Gasteiger partial charge >= 0.3 is 0 Å². The van der Waals surface area contributed by atoms with Gasteiger partial charge in [0.2, 0.25) is 6.41 Å². The van der Waals surface area contributed by atoms with Crippen molar-refractivity contribution in [3.63, 3.8) is 0 Å². The van der Waals surface area contributed by atoms with E-state index < -0.39 is 0 Å². The first kappa shape index (κ1) is 36.2. The minimum atomic E-state index is -0.374. The summed E-state index contributed by atoms with van der Waals surface area (Å²) in [4.78, 5) is 33.2. The van der Waals surface area contributed by atoms with Crippen LogP contribution in [0.3, 0.4) is 0 Å². The Morgan fingerprint density at radius 3 is 2.41 bits per heavy atom. The Morgan fingerprint density at radius 2 is 1.83 bits per heavy atom. The van der Waals surface area contributed by atoms with Crippen LogP contribution in [0.5, 0.6) is 0 Å². The average Bonchev–Trinajstić information content (AvgIpc) is 3.72. The lowest BCUT2D eigenvalue weighted by molar-refractivity contribution is -0.118. The van der Waals surface area contributed by atoms with Crippen molar-refractivity contribution in [3.8, 4) is 0 Å². The number of likely N-dealkylation sites (N-methyl/N-ethyl adjacent to an activating group) is 1. The molecule has 2 unspecified atom stereocenters. The summed E-state index contributed by atoms with van der Waals surface area (Å²) >= 11 is 12.0. The number of piperazine rings is 1. The molecular weight excluding hydrogens is 626 g/mol. The maximum absolute atomic E-state index is 13.9. The highest BCUT2D eigenvalue weighted by Crippen LogP contribution is 2.28. The van der Waals surface area contributed by atoms with Crippen LogP contribution >= 0.6 is 23.2 Å². The van der Waals surface area contributed by atoms with Gasteiger partial charge in [0.15, 0.2) is 0 Å². The fourth-order valence-electron chi connectivity index (χ4n) is 6.44. The molecule has 2 amide bonds. The maximum Gasteiger partial charge on any atom is 0.257 e. The predicted octanol–water partition coefficient (Wildman–Crippen LogP) is 6.51. The minimum absolute atomic E-state index is 0.239. The molecule has 6 rings (SSSR count). The van der Waals surface area contributed by atoms with Gasteiger partial charge in [-0.1, -0.05) is 62.9 Å². The van der Waals surface area contributed by atoms with Gasteiger partial charge in [0.25, 0.3) is 5.91 Å². The first-order valence-electron chi connectivity index (χ1n) is 16.6. The van der Waals surface area contributed by atoms with E-state index in [0.717, 1.165) is 63.0 Å². The van der Waals surface area contributed by atoms with Crippen LogP contribution in [0.25, 0.3) is 10.9 Å². The standard InChI is InChI=1S/C17H14ClFN2O.C12H22ClN3O.C6H13N/c1-2-10-7-13(18)16(8-14(10)19)21-17(22)12-9-20-15-6-4-3-5-11(12)15;1-2-14-3-5-15(6-4-14)12-7-11(8-13)16(9-12)10-17;7-6-4-2-1-3-5-6/h3-9,20H,2H2,1H3,(H,21,22);10-12H,2-9H2,1H3;6H,1-5,7H2. The third-order valence-corrected chi connectivity index (χ3v) is 10.0. The second kappa shape index (κ2) is 18.0. The molecule has 3 heterocycles. The van der Waals surface area contributed by atoms with E-state index in [1.807, 2.05) is 36.1 Å². The molecule has 252 valence electrons. The summed E-state index contributed by atoms with van der Waals surface area (Å²) in [5.41, 5.74) is 7.79. The zero-order valence-electron chi connectivity index (χ0n) is 27.1. The molecule has 2 saturated heterocycles. The molecule has 0 radical (unpaired) electrons. The summed E-state index contributed by atoms with van der Waals surface area (Å²) in [6, 6.07) is 11.6. The molecule has 1 aliphatic carbocycles. The lowest BCUT2D eigenvalue weighted by Crippen LogP contribution is -2.50. The fraction of sp³-hybridized carbons (Fsp3) is 0.543. The number of H-pyrrole nitrogens is 1. The van der Waals surface area contributed by atoms with Crippen molar-refractivity contribution >= 4 is 52.1 Å². The average molecular weight is 676 g/mol. The molecule has 3 fully saturated rings. The van der Waals surface area contributed by atoms with E-state index >= 15 is 0 Å². The Hall–Kier alpha value is -2.69. The van der Waals surface area contributed by atoms with Crippen molar-refractivity contribution in [1.29, 1.82) is 0 Å². The molecule has 0 bridgehead atoms. The lowest BCUT2D eigenvalue weighted by Gasteiger charge is -2.37. The van der Waals surface area contributed by atoms with E-state index in [2.05, 4.69) is 27.0 Å². The minimum Gasteiger partial charge on any atom is -0.360 e. The summed E-state index contributed by atoms with van der Waals surface area (Å²) in [6.07, 6.45) is 10.8. The Balaban J connectivity index is 0.000000176. The molecule has 3 aliphatic rings. The normalized spacial score (nSPS) is 20.9. The van der Waals surface area contributed by atoms with Gasteiger partial charge in [0.1, 0.15) is 5.82 Å². The van der Waals surface area contributed by atoms with E-state index in [1.165, 1.54) is 38.2 Å². The summed E-state index contributed by atoms with van der Waals surface area (Å²) in [7, 11) is 0. The van der Waals surface area contributed by atoms with Crippen LogP contribution in [-0.2, 0) is 11.2 Å². The number of alkyl halides is 1. The number of likely N-dealkylation sites (tertiary alicyclic amines) is 1. The Morgan fingerprint density at radius 1 is 1.11 bits per heavy atom. The second-order valence-electron chi connectivity index (χ2n) is 12.3. The van der Waals surface area contributed by atoms with E-state index in [-0.39, 0.29) is 23.5 Å². The highest BCUT2D eigenvalue weighted by Gasteiger charge is 2.35. The van der Waals surface area contributed by atoms with Gasteiger partial charge in [0.05, 0.1) is 16.3 Å². The number of carbonyl (C=O) groups excluding carboxylic acids is 2. The van der Waals surface area contributed by atoms with Crippen LogP contribution in [0, 0.1) is 5.82 Å². The van der Waals surface area contributed by atoms with Crippen LogP contribution in [0.2, 0.25) is 5.02 Å². The number of para-hydroxylation sites is 1. The number of benzene rings is 2. The van der Waals surface area contributed by atoms with Crippen LogP contribution in [0.1, 0.15) is 68.3 Å². The molecule has 4 N–H and O–H groups in total. The molecule has 1 aromatic heterocycles. The Kier molecular flexibility index (Phi) is 14.2. The van der Waals surface area contributed by atoms with Crippen molar-refractivity contribution in [1.82, 2.24) is 19.7 Å². The fourth-order valence-corrected chi connectivity index (χ4v) is 6.98. The van der Waals surface area contributed by atoms with Gasteiger partial charge in [-0.3, -0.25) is 14.5 Å². The quantitative estimate of drug-likeness (QED) is 0.196. The molecule has 0 spiro atoms. The smallest absolute Gasteiger partial charge is 0.257 e. The van der Waals surface area contributed by atoms with Gasteiger partial charge in [-0.05, 0) is 56.0 Å². The van der Waals surface area contributed by atoms with E-state index in [1.54, 1.807) is 12.3 Å². The number of nitrogens with one attached hydrogen (secondary N) is 2. The first-order valence-corrected chi connectivity index (χ1v) is 17.5. The number of halogens is 3.